The first-order chi connectivity index (χ1) is 17.0. The number of nitrogen functional groups attached to an aromatic ring is 1. The number of nitrogens with one attached hydrogen (secondary N) is 1. The molecule has 0 aliphatic rings. The van der Waals surface area contributed by atoms with Crippen molar-refractivity contribution in [3.05, 3.63) is 65.2 Å². The van der Waals surface area contributed by atoms with Gasteiger partial charge in [0.05, 0.1) is 29.9 Å². The van der Waals surface area contributed by atoms with Crippen LogP contribution >= 0.6 is 0 Å². The lowest BCUT2D eigenvalue weighted by Gasteiger charge is -2.05. The van der Waals surface area contributed by atoms with E-state index in [9.17, 15) is 9.59 Å². The Bertz CT molecular complexity index is 1390. The summed E-state index contributed by atoms with van der Waals surface area (Å²) in [5, 5.41) is 7.45. The Labute approximate surface area is 203 Å². The molecule has 0 saturated heterocycles. The summed E-state index contributed by atoms with van der Waals surface area (Å²) in [7, 11) is 1.33. The number of amides is 1. The fourth-order valence-corrected chi connectivity index (χ4v) is 3.78. The molecule has 4 aromatic rings. The largest absolute Gasteiger partial charge is 0.465 e. The Balaban J connectivity index is 1.71. The van der Waals surface area contributed by atoms with Crippen molar-refractivity contribution in [3.8, 4) is 0 Å². The van der Waals surface area contributed by atoms with Crippen LogP contribution in [-0.2, 0) is 4.74 Å². The highest BCUT2D eigenvalue weighted by Gasteiger charge is 2.23. The lowest BCUT2D eigenvalue weighted by Crippen LogP contribution is -2.25. The zero-order valence-electron chi connectivity index (χ0n) is 19.8. The molecule has 1 amide bonds. The molecule has 0 spiro atoms. The second-order valence-corrected chi connectivity index (χ2v) is 8.13. The number of esters is 1. The Morgan fingerprint density at radius 3 is 2.46 bits per heavy atom. The van der Waals surface area contributed by atoms with Crippen LogP contribution < -0.4 is 11.1 Å². The number of nitrogens with two attached hydrogens (primary N) is 1. The Morgan fingerprint density at radius 2 is 1.77 bits per heavy atom. The van der Waals surface area contributed by atoms with Crippen molar-refractivity contribution >= 4 is 46.1 Å². The van der Waals surface area contributed by atoms with Crippen LogP contribution in [0.15, 0.2) is 53.6 Å². The van der Waals surface area contributed by atoms with Gasteiger partial charge in [-0.2, -0.15) is 9.78 Å². The highest BCUT2D eigenvalue weighted by Crippen LogP contribution is 2.27. The van der Waals surface area contributed by atoms with E-state index >= 15 is 0 Å². The van der Waals surface area contributed by atoms with Crippen LogP contribution in [0.1, 0.15) is 58.9 Å². The molecule has 0 aliphatic carbocycles. The summed E-state index contributed by atoms with van der Waals surface area (Å²) >= 11 is 0. The lowest BCUT2D eigenvalue weighted by molar-refractivity contribution is 0.0600. The van der Waals surface area contributed by atoms with Gasteiger partial charge in [0.1, 0.15) is 16.9 Å². The fourth-order valence-electron chi connectivity index (χ4n) is 3.78. The van der Waals surface area contributed by atoms with Gasteiger partial charge in [-0.1, -0.05) is 50.5 Å². The van der Waals surface area contributed by atoms with Crippen LogP contribution in [0.5, 0.6) is 0 Å². The molecule has 0 bridgehead atoms. The van der Waals surface area contributed by atoms with E-state index in [1.54, 1.807) is 30.5 Å². The van der Waals surface area contributed by atoms with Crippen LogP contribution in [0.25, 0.3) is 22.2 Å². The molecule has 0 unspecified atom stereocenters. The van der Waals surface area contributed by atoms with Crippen LogP contribution in [0.4, 0.5) is 5.82 Å². The number of methoxy groups -OCH3 is 1. The van der Waals surface area contributed by atoms with E-state index in [2.05, 4.69) is 27.3 Å². The van der Waals surface area contributed by atoms with E-state index in [0.29, 0.717) is 34.3 Å². The van der Waals surface area contributed by atoms with Crippen LogP contribution in [0.3, 0.4) is 0 Å². The standard InChI is InChI=1S/C26H28N6O3/c1-3-4-5-8-15-28-25(33)21-22-24(31-20-10-7-6-9-19(20)30-22)32(23(21)27)29-16-17-11-13-18(14-12-17)26(34)35-2/h6-7,9-14,16H,3-5,8,15,27H2,1-2H3,(H,28,33)/b29-16+. The van der Waals surface area contributed by atoms with Gasteiger partial charge in [-0.15, -0.1) is 0 Å². The van der Waals surface area contributed by atoms with Crippen molar-refractivity contribution in [1.29, 1.82) is 0 Å². The third-order valence-electron chi connectivity index (χ3n) is 5.67. The van der Waals surface area contributed by atoms with E-state index in [4.69, 9.17) is 10.5 Å². The quantitative estimate of drug-likeness (QED) is 0.214. The minimum absolute atomic E-state index is 0.156. The smallest absolute Gasteiger partial charge is 0.337 e. The second-order valence-electron chi connectivity index (χ2n) is 8.13. The molecule has 0 radical (unpaired) electrons. The number of anilines is 1. The number of carbonyl (C=O) groups excluding carboxylic acids is 2. The van der Waals surface area contributed by atoms with Crippen molar-refractivity contribution < 1.29 is 14.3 Å². The van der Waals surface area contributed by atoms with Gasteiger partial charge < -0.3 is 15.8 Å². The molecule has 2 aromatic carbocycles. The molecule has 2 heterocycles. The van der Waals surface area contributed by atoms with E-state index in [1.165, 1.54) is 11.8 Å². The second kappa shape index (κ2) is 10.8. The number of hydrogen-bond acceptors (Lipinski definition) is 7. The summed E-state index contributed by atoms with van der Waals surface area (Å²) < 4.78 is 6.16. The van der Waals surface area contributed by atoms with Crippen LogP contribution in [-0.4, -0.2) is 46.4 Å². The van der Waals surface area contributed by atoms with Crippen molar-refractivity contribution in [2.45, 2.75) is 32.6 Å². The number of ether oxygens (including phenoxy) is 1. The molecule has 0 saturated carbocycles. The van der Waals surface area contributed by atoms with Crippen molar-refractivity contribution in [2.75, 3.05) is 19.4 Å². The Kier molecular flexibility index (Phi) is 7.35. The van der Waals surface area contributed by atoms with Crippen LogP contribution in [0.2, 0.25) is 0 Å². The number of para-hydroxylation sites is 2. The summed E-state index contributed by atoms with van der Waals surface area (Å²) in [6, 6.07) is 14.2. The van der Waals surface area contributed by atoms with E-state index in [0.717, 1.165) is 31.2 Å². The minimum atomic E-state index is -0.415. The molecule has 35 heavy (non-hydrogen) atoms. The molecule has 180 valence electrons. The SMILES string of the molecule is CCCCCCNC(=O)c1c(N)n(/N=C/c2ccc(C(=O)OC)cc2)c2nc3ccccc3nc12. The molecule has 0 aliphatic heterocycles. The van der Waals surface area contributed by atoms with Crippen molar-refractivity contribution in [2.24, 2.45) is 5.10 Å². The molecular weight excluding hydrogens is 444 g/mol. The highest BCUT2D eigenvalue weighted by atomic mass is 16.5. The molecule has 4 rings (SSSR count). The van der Waals surface area contributed by atoms with Gasteiger partial charge in [0.15, 0.2) is 5.65 Å². The summed E-state index contributed by atoms with van der Waals surface area (Å²) in [6.07, 6.45) is 5.79. The Morgan fingerprint density at radius 1 is 1.06 bits per heavy atom. The molecule has 9 nitrogen and oxygen atoms in total. The topological polar surface area (TPSA) is 124 Å². The monoisotopic (exact) mass is 472 g/mol. The third-order valence-corrected chi connectivity index (χ3v) is 5.67. The number of fused-ring (bicyclic) bond motifs is 2. The first-order valence-corrected chi connectivity index (χ1v) is 11.6. The summed E-state index contributed by atoms with van der Waals surface area (Å²) in [6.45, 7) is 2.70. The van der Waals surface area contributed by atoms with Gasteiger partial charge in [-0.3, -0.25) is 4.79 Å². The number of nitrogens with zero attached hydrogens (tertiary/aromatic N) is 4. The maximum absolute atomic E-state index is 13.1. The van der Waals surface area contributed by atoms with Gasteiger partial charge in [0.2, 0.25) is 0 Å². The number of carbonyl (C=O) groups is 2. The predicted molar refractivity (Wildman–Crippen MR) is 137 cm³/mol. The van der Waals surface area contributed by atoms with E-state index in [1.807, 2.05) is 24.3 Å². The molecular formula is C26H28N6O3. The maximum atomic E-state index is 13.1. The molecule has 9 heteroatoms. The number of rotatable bonds is 9. The van der Waals surface area contributed by atoms with E-state index in [-0.39, 0.29) is 17.3 Å². The zero-order valence-corrected chi connectivity index (χ0v) is 19.8. The minimum Gasteiger partial charge on any atom is -0.465 e. The number of unbranched alkanes of at least 4 members (excludes halogenated alkanes) is 3. The van der Waals surface area contributed by atoms with Gasteiger partial charge >= 0.3 is 5.97 Å². The first-order valence-electron chi connectivity index (χ1n) is 11.6. The van der Waals surface area contributed by atoms with Crippen molar-refractivity contribution in [1.82, 2.24) is 20.0 Å². The average Bonchev–Trinajstić information content (AvgIpc) is 3.15. The summed E-state index contributed by atoms with van der Waals surface area (Å²) in [5.41, 5.74) is 9.96. The molecule has 2 aromatic heterocycles. The maximum Gasteiger partial charge on any atom is 0.337 e. The molecule has 0 atom stereocenters. The normalized spacial score (nSPS) is 11.4. The summed E-state index contributed by atoms with van der Waals surface area (Å²) in [4.78, 5) is 34.1. The summed E-state index contributed by atoms with van der Waals surface area (Å²) in [5.74, 6) is -0.560. The number of hydrogen-bond donors (Lipinski definition) is 2. The van der Waals surface area contributed by atoms with Gasteiger partial charge in [-0.25, -0.2) is 14.8 Å². The van der Waals surface area contributed by atoms with Gasteiger partial charge in [0, 0.05) is 6.54 Å². The highest BCUT2D eigenvalue weighted by molar-refractivity contribution is 6.10. The zero-order chi connectivity index (χ0) is 24.8. The van der Waals surface area contributed by atoms with Crippen molar-refractivity contribution in [3.63, 3.8) is 0 Å². The molecule has 3 N–H and O–H groups in total. The number of benzene rings is 2. The predicted octanol–water partition coefficient (Wildman–Crippen LogP) is 4.15. The van der Waals surface area contributed by atoms with E-state index < -0.39 is 5.97 Å². The fraction of sp³-hybridized carbons (Fsp3) is 0.269. The average molecular weight is 473 g/mol. The molecule has 0 fully saturated rings. The first kappa shape index (κ1) is 23.9. The van der Waals surface area contributed by atoms with Gasteiger partial charge in [-0.05, 0) is 36.2 Å². The van der Waals surface area contributed by atoms with Crippen LogP contribution in [0, 0.1) is 0 Å². The van der Waals surface area contributed by atoms with Gasteiger partial charge in [0.25, 0.3) is 5.91 Å². The lowest BCUT2D eigenvalue weighted by atomic mass is 10.1. The number of aromatic nitrogens is 3. The third kappa shape index (κ3) is 5.13. The Hall–Kier alpha value is -4.27.